The number of aromatic carboxylic acids is 1. The fraction of sp³-hybridized carbons (Fsp3) is 0.100. The molecule has 2 aromatic rings. The van der Waals surface area contributed by atoms with Crippen LogP contribution in [0.25, 0.3) is 5.69 Å². The maximum Gasteiger partial charge on any atom is 0.358 e. The van der Waals surface area contributed by atoms with E-state index in [0.717, 1.165) is 0 Å². The van der Waals surface area contributed by atoms with Crippen molar-refractivity contribution in [1.82, 2.24) is 15.0 Å². The van der Waals surface area contributed by atoms with Gasteiger partial charge in [-0.15, -0.1) is 5.10 Å². The van der Waals surface area contributed by atoms with E-state index in [4.69, 9.17) is 5.11 Å². The first-order valence-electron chi connectivity index (χ1n) is 5.12. The van der Waals surface area contributed by atoms with Gasteiger partial charge in [-0.25, -0.2) is 18.3 Å². The summed E-state index contributed by atoms with van der Waals surface area (Å²) < 4.78 is 27.5. The van der Waals surface area contributed by atoms with Crippen LogP contribution in [0.3, 0.4) is 0 Å². The van der Waals surface area contributed by atoms with Gasteiger partial charge < -0.3 is 5.11 Å². The summed E-state index contributed by atoms with van der Waals surface area (Å²) in [6, 6.07) is 0.948. The first kappa shape index (κ1) is 13.5. The number of hydrogen-bond donors (Lipinski definition) is 1. The molecule has 0 aliphatic heterocycles. The molecule has 20 heavy (non-hydrogen) atoms. The van der Waals surface area contributed by atoms with E-state index in [-0.39, 0.29) is 5.69 Å². The Bertz CT molecular complexity index is 728. The number of carbonyl (C=O) groups is 1. The zero-order valence-corrected chi connectivity index (χ0v) is 9.87. The van der Waals surface area contributed by atoms with E-state index in [1.54, 1.807) is 0 Å². The summed E-state index contributed by atoms with van der Waals surface area (Å²) in [6.45, 7) is 1.25. The van der Waals surface area contributed by atoms with Crippen molar-refractivity contribution < 1.29 is 23.6 Å². The fourth-order valence-corrected chi connectivity index (χ4v) is 1.64. The molecular weight excluding hydrogens is 278 g/mol. The van der Waals surface area contributed by atoms with Gasteiger partial charge in [0.05, 0.1) is 16.7 Å². The molecule has 104 valence electrons. The number of carboxylic acid groups (broad SMARTS) is 1. The Hall–Kier alpha value is -2.91. The molecule has 0 amide bonds. The second-order valence-electron chi connectivity index (χ2n) is 3.75. The molecule has 0 radical (unpaired) electrons. The summed E-state index contributed by atoms with van der Waals surface area (Å²) in [5.74, 6) is -3.80. The normalized spacial score (nSPS) is 10.6. The monoisotopic (exact) mass is 284 g/mol. The Morgan fingerprint density at radius 1 is 1.45 bits per heavy atom. The number of benzene rings is 1. The van der Waals surface area contributed by atoms with E-state index in [1.165, 1.54) is 6.92 Å². The molecule has 0 aliphatic rings. The Morgan fingerprint density at radius 3 is 2.60 bits per heavy atom. The van der Waals surface area contributed by atoms with Crippen molar-refractivity contribution in [3.05, 3.63) is 45.3 Å². The third-order valence-corrected chi connectivity index (χ3v) is 2.51. The number of aromatic nitrogens is 3. The number of nitro groups is 1. The topological polar surface area (TPSA) is 111 Å². The fourth-order valence-electron chi connectivity index (χ4n) is 1.64. The Kier molecular flexibility index (Phi) is 3.14. The van der Waals surface area contributed by atoms with Crippen LogP contribution in [0.4, 0.5) is 14.5 Å². The van der Waals surface area contributed by atoms with Crippen LogP contribution in [0.2, 0.25) is 0 Å². The molecule has 2 rings (SSSR count). The third-order valence-electron chi connectivity index (χ3n) is 2.51. The van der Waals surface area contributed by atoms with Gasteiger partial charge in [0.25, 0.3) is 0 Å². The minimum absolute atomic E-state index is 0.119. The van der Waals surface area contributed by atoms with Crippen LogP contribution >= 0.6 is 0 Å². The highest BCUT2D eigenvalue weighted by Crippen LogP contribution is 2.28. The number of carboxylic acids is 1. The van der Waals surface area contributed by atoms with Gasteiger partial charge in [-0.2, -0.15) is 0 Å². The SMILES string of the molecule is Cc1c(C(=O)O)nnn1-c1c(F)cc(F)cc1[N+](=O)[O-]. The van der Waals surface area contributed by atoms with Crippen molar-refractivity contribution in [2.75, 3.05) is 0 Å². The van der Waals surface area contributed by atoms with Crippen LogP contribution in [0, 0.1) is 28.7 Å². The summed E-state index contributed by atoms with van der Waals surface area (Å²) in [5.41, 5.74) is -2.16. The maximum absolute atomic E-state index is 13.8. The van der Waals surface area contributed by atoms with Gasteiger partial charge in [-0.3, -0.25) is 10.1 Å². The lowest BCUT2D eigenvalue weighted by molar-refractivity contribution is -0.385. The zero-order chi connectivity index (χ0) is 15.0. The van der Waals surface area contributed by atoms with Crippen molar-refractivity contribution in [3.8, 4) is 5.69 Å². The van der Waals surface area contributed by atoms with Gasteiger partial charge in [0.15, 0.2) is 17.2 Å². The average Bonchev–Trinajstić information content (AvgIpc) is 2.70. The molecule has 1 aromatic heterocycles. The first-order chi connectivity index (χ1) is 9.32. The molecule has 0 fully saturated rings. The van der Waals surface area contributed by atoms with Crippen LogP contribution in [0.5, 0.6) is 0 Å². The van der Waals surface area contributed by atoms with E-state index in [9.17, 15) is 23.7 Å². The summed E-state index contributed by atoms with van der Waals surface area (Å²) in [7, 11) is 0. The lowest BCUT2D eigenvalue weighted by Gasteiger charge is -2.06. The van der Waals surface area contributed by atoms with Crippen LogP contribution in [0.1, 0.15) is 16.2 Å². The molecule has 0 aliphatic carbocycles. The summed E-state index contributed by atoms with van der Waals surface area (Å²) in [6.07, 6.45) is 0. The Morgan fingerprint density at radius 2 is 2.10 bits per heavy atom. The molecule has 1 N–H and O–H groups in total. The number of rotatable bonds is 3. The van der Waals surface area contributed by atoms with Crippen molar-refractivity contribution in [2.24, 2.45) is 0 Å². The molecule has 0 bridgehead atoms. The number of hydrogen-bond acceptors (Lipinski definition) is 5. The lowest BCUT2D eigenvalue weighted by Crippen LogP contribution is -2.08. The van der Waals surface area contributed by atoms with Crippen LogP contribution in [0.15, 0.2) is 12.1 Å². The van der Waals surface area contributed by atoms with Crippen molar-refractivity contribution >= 4 is 11.7 Å². The summed E-state index contributed by atoms with van der Waals surface area (Å²) in [5, 5.41) is 26.3. The van der Waals surface area contributed by atoms with Crippen molar-refractivity contribution in [2.45, 2.75) is 6.92 Å². The van der Waals surface area contributed by atoms with Gasteiger partial charge in [-0.1, -0.05) is 5.21 Å². The highest BCUT2D eigenvalue weighted by molar-refractivity contribution is 5.86. The number of nitrogens with zero attached hydrogens (tertiary/aromatic N) is 4. The van der Waals surface area contributed by atoms with E-state index >= 15 is 0 Å². The Balaban J connectivity index is 2.76. The molecule has 0 spiro atoms. The predicted octanol–water partition coefficient (Wildman–Crippen LogP) is 1.46. The number of nitro benzene ring substituents is 1. The highest BCUT2D eigenvalue weighted by atomic mass is 19.1. The highest BCUT2D eigenvalue weighted by Gasteiger charge is 2.26. The van der Waals surface area contributed by atoms with Gasteiger partial charge in [0.2, 0.25) is 0 Å². The first-order valence-corrected chi connectivity index (χ1v) is 5.12. The van der Waals surface area contributed by atoms with Crippen molar-refractivity contribution in [1.29, 1.82) is 0 Å². The van der Waals surface area contributed by atoms with E-state index in [1.807, 2.05) is 0 Å². The summed E-state index contributed by atoms with van der Waals surface area (Å²) >= 11 is 0. The molecule has 0 atom stereocenters. The second-order valence-corrected chi connectivity index (χ2v) is 3.75. The van der Waals surface area contributed by atoms with Crippen LogP contribution in [-0.2, 0) is 0 Å². The molecule has 10 heteroatoms. The third kappa shape index (κ3) is 2.06. The molecular formula is C10H6F2N4O4. The molecule has 0 unspecified atom stereocenters. The van der Waals surface area contributed by atoms with Gasteiger partial charge in [0.1, 0.15) is 5.82 Å². The molecule has 1 heterocycles. The Labute approximate surface area is 109 Å². The minimum Gasteiger partial charge on any atom is -0.476 e. The van der Waals surface area contributed by atoms with Gasteiger partial charge in [-0.05, 0) is 6.92 Å². The molecule has 0 saturated heterocycles. The predicted molar refractivity (Wildman–Crippen MR) is 59.6 cm³/mol. The largest absolute Gasteiger partial charge is 0.476 e. The van der Waals surface area contributed by atoms with Crippen molar-refractivity contribution in [3.63, 3.8) is 0 Å². The van der Waals surface area contributed by atoms with Crippen LogP contribution in [-0.4, -0.2) is 31.0 Å². The molecule has 1 aromatic carbocycles. The standard InChI is InChI=1S/C10H6F2N4O4/c1-4-8(10(17)18)13-14-15(4)9-6(12)2-5(11)3-7(9)16(19)20/h2-3H,1H3,(H,17,18). The van der Waals surface area contributed by atoms with E-state index in [2.05, 4.69) is 10.3 Å². The molecule has 0 saturated carbocycles. The van der Waals surface area contributed by atoms with Gasteiger partial charge >= 0.3 is 11.7 Å². The van der Waals surface area contributed by atoms with E-state index < -0.39 is 39.6 Å². The van der Waals surface area contributed by atoms with Gasteiger partial charge in [0, 0.05) is 6.07 Å². The van der Waals surface area contributed by atoms with E-state index in [0.29, 0.717) is 16.8 Å². The maximum atomic E-state index is 13.8. The average molecular weight is 284 g/mol. The quantitative estimate of drug-likeness (QED) is 0.674. The minimum atomic E-state index is -1.42. The lowest BCUT2D eigenvalue weighted by atomic mass is 10.2. The smallest absolute Gasteiger partial charge is 0.358 e. The summed E-state index contributed by atoms with van der Waals surface area (Å²) in [4.78, 5) is 20.7. The second kappa shape index (κ2) is 4.64. The number of halogens is 2. The van der Waals surface area contributed by atoms with Crippen LogP contribution < -0.4 is 0 Å². The molecule has 8 nitrogen and oxygen atoms in total. The zero-order valence-electron chi connectivity index (χ0n) is 9.87.